The van der Waals surface area contributed by atoms with Crippen LogP contribution in [0.5, 0.6) is 0 Å². The van der Waals surface area contributed by atoms with Gasteiger partial charge in [-0.25, -0.2) is 4.39 Å². The Bertz CT molecular complexity index is 797. The van der Waals surface area contributed by atoms with Gasteiger partial charge in [-0.05, 0) is 69.5 Å². The Kier molecular flexibility index (Phi) is 6.27. The molecule has 1 aliphatic heterocycles. The van der Waals surface area contributed by atoms with Crippen molar-refractivity contribution in [2.75, 3.05) is 13.1 Å². The third kappa shape index (κ3) is 4.95. The van der Waals surface area contributed by atoms with Crippen LogP contribution in [-0.4, -0.2) is 23.9 Å². The predicted octanol–water partition coefficient (Wildman–Crippen LogP) is 4.53. The van der Waals surface area contributed by atoms with Crippen molar-refractivity contribution in [3.8, 4) is 0 Å². The largest absolute Gasteiger partial charge is 0.349 e. The maximum atomic E-state index is 13.8. The van der Waals surface area contributed by atoms with Gasteiger partial charge in [-0.2, -0.15) is 0 Å². The number of nitrogens with one attached hydrogen (secondary N) is 1. The highest BCUT2D eigenvalue weighted by Crippen LogP contribution is 2.22. The Balaban J connectivity index is 1.51. The van der Waals surface area contributed by atoms with Gasteiger partial charge in [-0.1, -0.05) is 36.4 Å². The minimum atomic E-state index is -0.153. The van der Waals surface area contributed by atoms with Crippen LogP contribution in [0.15, 0.2) is 42.5 Å². The minimum Gasteiger partial charge on any atom is -0.349 e. The van der Waals surface area contributed by atoms with E-state index in [0.717, 1.165) is 37.1 Å². The normalized spacial score (nSPS) is 16.9. The fourth-order valence-electron chi connectivity index (χ4n) is 3.67. The Labute approximate surface area is 161 Å². The summed E-state index contributed by atoms with van der Waals surface area (Å²) in [5, 5.41) is 3.17. The molecule has 144 valence electrons. The second-order valence-electron chi connectivity index (χ2n) is 7.72. The molecule has 27 heavy (non-hydrogen) atoms. The first-order valence-corrected chi connectivity index (χ1v) is 9.77. The van der Waals surface area contributed by atoms with E-state index in [1.807, 2.05) is 19.1 Å². The zero-order chi connectivity index (χ0) is 19.4. The van der Waals surface area contributed by atoms with Gasteiger partial charge in [0, 0.05) is 18.0 Å². The van der Waals surface area contributed by atoms with Crippen molar-refractivity contribution < 1.29 is 9.18 Å². The average molecular weight is 368 g/mol. The number of carbonyl (C=O) groups is 1. The molecule has 1 saturated heterocycles. The van der Waals surface area contributed by atoms with Gasteiger partial charge in [0.2, 0.25) is 5.91 Å². The quantitative estimate of drug-likeness (QED) is 0.841. The van der Waals surface area contributed by atoms with E-state index in [2.05, 4.69) is 42.3 Å². The van der Waals surface area contributed by atoms with E-state index in [1.54, 1.807) is 6.07 Å². The molecule has 3 nitrogen and oxygen atoms in total. The third-order valence-electron chi connectivity index (χ3n) is 5.70. The number of amides is 1. The molecule has 1 atom stereocenters. The third-order valence-corrected chi connectivity index (χ3v) is 5.70. The van der Waals surface area contributed by atoms with Crippen molar-refractivity contribution >= 4 is 5.91 Å². The number of benzene rings is 2. The van der Waals surface area contributed by atoms with Crippen molar-refractivity contribution in [1.29, 1.82) is 0 Å². The maximum absolute atomic E-state index is 13.8. The SMILES string of the molecule is Cc1ccc([C@@H](C)NC(=O)C2CCN(Cc3ccccc3F)CC2)cc1C. The lowest BCUT2D eigenvalue weighted by Gasteiger charge is -2.32. The molecule has 1 heterocycles. The van der Waals surface area contributed by atoms with E-state index in [1.165, 1.54) is 17.2 Å². The highest BCUT2D eigenvalue weighted by Gasteiger charge is 2.26. The Morgan fingerprint density at radius 2 is 1.85 bits per heavy atom. The average Bonchev–Trinajstić information content (AvgIpc) is 2.66. The molecule has 0 bridgehead atoms. The summed E-state index contributed by atoms with van der Waals surface area (Å²) in [4.78, 5) is 14.9. The lowest BCUT2D eigenvalue weighted by atomic mass is 9.94. The summed E-state index contributed by atoms with van der Waals surface area (Å²) in [6.45, 7) is 8.49. The number of halogens is 1. The van der Waals surface area contributed by atoms with Crippen molar-refractivity contribution in [3.63, 3.8) is 0 Å². The van der Waals surface area contributed by atoms with E-state index < -0.39 is 0 Å². The molecule has 1 amide bonds. The first kappa shape index (κ1) is 19.6. The van der Waals surface area contributed by atoms with Crippen molar-refractivity contribution in [1.82, 2.24) is 10.2 Å². The number of likely N-dealkylation sites (tertiary alicyclic amines) is 1. The van der Waals surface area contributed by atoms with Crippen LogP contribution in [0, 0.1) is 25.6 Å². The van der Waals surface area contributed by atoms with Gasteiger partial charge in [0.25, 0.3) is 0 Å². The van der Waals surface area contributed by atoms with Crippen molar-refractivity contribution in [2.45, 2.75) is 46.2 Å². The van der Waals surface area contributed by atoms with Crippen LogP contribution in [0.1, 0.15) is 48.1 Å². The Hall–Kier alpha value is -2.20. The number of aryl methyl sites for hydroxylation is 2. The lowest BCUT2D eigenvalue weighted by Crippen LogP contribution is -2.41. The van der Waals surface area contributed by atoms with Crippen LogP contribution in [0.25, 0.3) is 0 Å². The molecular weight excluding hydrogens is 339 g/mol. The van der Waals surface area contributed by atoms with E-state index in [0.29, 0.717) is 6.54 Å². The smallest absolute Gasteiger partial charge is 0.223 e. The molecule has 0 spiro atoms. The maximum Gasteiger partial charge on any atom is 0.223 e. The van der Waals surface area contributed by atoms with Gasteiger partial charge in [-0.15, -0.1) is 0 Å². The van der Waals surface area contributed by atoms with Crippen LogP contribution in [0.3, 0.4) is 0 Å². The first-order chi connectivity index (χ1) is 12.9. The van der Waals surface area contributed by atoms with Gasteiger partial charge >= 0.3 is 0 Å². The van der Waals surface area contributed by atoms with Crippen LogP contribution < -0.4 is 5.32 Å². The summed E-state index contributed by atoms with van der Waals surface area (Å²) in [6, 6.07) is 13.3. The molecular formula is C23H29FN2O. The van der Waals surface area contributed by atoms with Crippen molar-refractivity contribution in [2.24, 2.45) is 5.92 Å². The molecule has 3 rings (SSSR count). The molecule has 1 aliphatic rings. The molecule has 2 aromatic rings. The van der Waals surface area contributed by atoms with Gasteiger partial charge in [0.1, 0.15) is 5.82 Å². The summed E-state index contributed by atoms with van der Waals surface area (Å²) in [5.74, 6) is 0.0155. The van der Waals surface area contributed by atoms with E-state index in [9.17, 15) is 9.18 Å². The van der Waals surface area contributed by atoms with E-state index in [-0.39, 0.29) is 23.7 Å². The molecule has 0 aromatic heterocycles. The zero-order valence-corrected chi connectivity index (χ0v) is 16.5. The summed E-state index contributed by atoms with van der Waals surface area (Å²) < 4.78 is 13.8. The molecule has 4 heteroatoms. The molecule has 2 aromatic carbocycles. The standard InChI is InChI=1S/C23H29FN2O/c1-16-8-9-20(14-17(16)2)18(3)25-23(27)19-10-12-26(13-11-19)15-21-6-4-5-7-22(21)24/h4-9,14,18-19H,10-13,15H2,1-3H3,(H,25,27)/t18-/m1/s1. The minimum absolute atomic E-state index is 0.00763. The Morgan fingerprint density at radius 3 is 2.52 bits per heavy atom. The fraction of sp³-hybridized carbons (Fsp3) is 0.435. The van der Waals surface area contributed by atoms with Gasteiger partial charge in [0.05, 0.1) is 6.04 Å². The topological polar surface area (TPSA) is 32.3 Å². The highest BCUT2D eigenvalue weighted by atomic mass is 19.1. The zero-order valence-electron chi connectivity index (χ0n) is 16.5. The Morgan fingerprint density at radius 1 is 1.15 bits per heavy atom. The van der Waals surface area contributed by atoms with Gasteiger partial charge in [-0.3, -0.25) is 9.69 Å². The number of hydrogen-bond donors (Lipinski definition) is 1. The number of nitrogens with zero attached hydrogens (tertiary/aromatic N) is 1. The van der Waals surface area contributed by atoms with Crippen LogP contribution >= 0.6 is 0 Å². The van der Waals surface area contributed by atoms with Gasteiger partial charge in [0.15, 0.2) is 0 Å². The monoisotopic (exact) mass is 368 g/mol. The molecule has 0 saturated carbocycles. The molecule has 0 radical (unpaired) electrons. The molecule has 1 N–H and O–H groups in total. The van der Waals surface area contributed by atoms with Gasteiger partial charge < -0.3 is 5.32 Å². The van der Waals surface area contributed by atoms with Crippen LogP contribution in [0.4, 0.5) is 4.39 Å². The molecule has 0 unspecified atom stereocenters. The summed E-state index contributed by atoms with van der Waals surface area (Å²) >= 11 is 0. The van der Waals surface area contributed by atoms with Crippen LogP contribution in [-0.2, 0) is 11.3 Å². The van der Waals surface area contributed by atoms with Crippen LogP contribution in [0.2, 0.25) is 0 Å². The fourth-order valence-corrected chi connectivity index (χ4v) is 3.67. The summed E-state index contributed by atoms with van der Waals surface area (Å²) in [5.41, 5.74) is 4.38. The molecule has 1 fully saturated rings. The number of carbonyl (C=O) groups excluding carboxylic acids is 1. The van der Waals surface area contributed by atoms with E-state index in [4.69, 9.17) is 0 Å². The first-order valence-electron chi connectivity index (χ1n) is 9.77. The lowest BCUT2D eigenvalue weighted by molar-refractivity contribution is -0.127. The van der Waals surface area contributed by atoms with Crippen molar-refractivity contribution in [3.05, 3.63) is 70.5 Å². The number of hydrogen-bond acceptors (Lipinski definition) is 2. The highest BCUT2D eigenvalue weighted by molar-refractivity contribution is 5.79. The summed E-state index contributed by atoms with van der Waals surface area (Å²) in [6.07, 6.45) is 1.64. The second-order valence-corrected chi connectivity index (χ2v) is 7.72. The number of rotatable bonds is 5. The predicted molar refractivity (Wildman–Crippen MR) is 107 cm³/mol. The number of piperidine rings is 1. The molecule has 0 aliphatic carbocycles. The summed E-state index contributed by atoms with van der Waals surface area (Å²) in [7, 11) is 0. The second kappa shape index (κ2) is 8.66. The van der Waals surface area contributed by atoms with E-state index >= 15 is 0 Å².